The normalized spacial score (nSPS) is 11.8. The number of rotatable bonds is 6. The SMILES string of the molecule is CCN(CC)Cc1cc(S(=O)(=O)Cl)ccc1OC. The third-order valence-corrected chi connectivity index (χ3v) is 4.17. The van der Waals surface area contributed by atoms with Gasteiger partial charge in [0.25, 0.3) is 9.05 Å². The van der Waals surface area contributed by atoms with E-state index in [9.17, 15) is 8.42 Å². The van der Waals surface area contributed by atoms with Gasteiger partial charge in [0.15, 0.2) is 0 Å². The summed E-state index contributed by atoms with van der Waals surface area (Å²) in [6, 6.07) is 4.65. The third kappa shape index (κ3) is 3.86. The van der Waals surface area contributed by atoms with Crippen molar-refractivity contribution in [1.82, 2.24) is 4.90 Å². The van der Waals surface area contributed by atoms with Crippen LogP contribution in [0.1, 0.15) is 19.4 Å². The standard InChI is InChI=1S/C12H18ClNO3S/c1-4-14(5-2)9-10-8-11(18(13,15)16)6-7-12(10)17-3/h6-8H,4-5,9H2,1-3H3. The van der Waals surface area contributed by atoms with Crippen molar-refractivity contribution in [2.45, 2.75) is 25.3 Å². The summed E-state index contributed by atoms with van der Waals surface area (Å²) in [5, 5.41) is 0. The molecule has 0 atom stereocenters. The summed E-state index contributed by atoms with van der Waals surface area (Å²) >= 11 is 0. The Bertz CT molecular complexity index is 498. The smallest absolute Gasteiger partial charge is 0.261 e. The second kappa shape index (κ2) is 6.41. The van der Waals surface area contributed by atoms with Gasteiger partial charge in [0.2, 0.25) is 0 Å². The summed E-state index contributed by atoms with van der Waals surface area (Å²) < 4.78 is 27.9. The average Bonchev–Trinajstić information content (AvgIpc) is 2.34. The maximum Gasteiger partial charge on any atom is 0.261 e. The molecule has 1 aromatic rings. The minimum atomic E-state index is -3.70. The van der Waals surface area contributed by atoms with Gasteiger partial charge in [-0.25, -0.2) is 8.42 Å². The molecule has 4 nitrogen and oxygen atoms in total. The first-order valence-electron chi connectivity index (χ1n) is 5.76. The molecule has 0 N–H and O–H groups in total. The van der Waals surface area contributed by atoms with Crippen molar-refractivity contribution in [2.24, 2.45) is 0 Å². The van der Waals surface area contributed by atoms with Gasteiger partial charge >= 0.3 is 0 Å². The Morgan fingerprint density at radius 2 is 1.89 bits per heavy atom. The van der Waals surface area contributed by atoms with E-state index in [0.29, 0.717) is 12.3 Å². The zero-order valence-electron chi connectivity index (χ0n) is 10.8. The fourth-order valence-corrected chi connectivity index (χ4v) is 2.52. The third-order valence-electron chi connectivity index (χ3n) is 2.82. The van der Waals surface area contributed by atoms with Crippen LogP contribution in [-0.2, 0) is 15.6 Å². The van der Waals surface area contributed by atoms with Gasteiger partial charge < -0.3 is 4.74 Å². The summed E-state index contributed by atoms with van der Waals surface area (Å²) in [6.07, 6.45) is 0. The molecular weight excluding hydrogens is 274 g/mol. The largest absolute Gasteiger partial charge is 0.496 e. The number of hydrogen-bond donors (Lipinski definition) is 0. The molecular formula is C12H18ClNO3S. The summed E-state index contributed by atoms with van der Waals surface area (Å²) in [4.78, 5) is 2.27. The van der Waals surface area contributed by atoms with Crippen molar-refractivity contribution < 1.29 is 13.2 Å². The zero-order valence-corrected chi connectivity index (χ0v) is 12.4. The highest BCUT2D eigenvalue weighted by Gasteiger charge is 2.14. The topological polar surface area (TPSA) is 46.6 Å². The molecule has 1 rings (SSSR count). The Kier molecular flexibility index (Phi) is 5.44. The van der Waals surface area contributed by atoms with Crippen LogP contribution in [0, 0.1) is 0 Å². The average molecular weight is 292 g/mol. The fraction of sp³-hybridized carbons (Fsp3) is 0.500. The van der Waals surface area contributed by atoms with Crippen LogP contribution in [0.5, 0.6) is 5.75 Å². The molecule has 0 aliphatic rings. The number of benzene rings is 1. The predicted molar refractivity (Wildman–Crippen MR) is 72.7 cm³/mol. The van der Waals surface area contributed by atoms with Crippen LogP contribution in [0.15, 0.2) is 23.1 Å². The Morgan fingerprint density at radius 3 is 2.33 bits per heavy atom. The lowest BCUT2D eigenvalue weighted by molar-refractivity contribution is 0.289. The van der Waals surface area contributed by atoms with E-state index in [1.807, 2.05) is 0 Å². The highest BCUT2D eigenvalue weighted by atomic mass is 35.7. The van der Waals surface area contributed by atoms with Crippen molar-refractivity contribution in [3.63, 3.8) is 0 Å². The molecule has 0 spiro atoms. The molecule has 0 amide bonds. The second-order valence-corrected chi connectivity index (χ2v) is 6.44. The maximum atomic E-state index is 11.3. The van der Waals surface area contributed by atoms with Gasteiger partial charge in [-0.15, -0.1) is 0 Å². The molecule has 0 saturated carbocycles. The van der Waals surface area contributed by atoms with Crippen molar-refractivity contribution in [3.05, 3.63) is 23.8 Å². The molecule has 0 aliphatic carbocycles. The van der Waals surface area contributed by atoms with Crippen LogP contribution in [0.25, 0.3) is 0 Å². The van der Waals surface area contributed by atoms with Crippen LogP contribution in [0.2, 0.25) is 0 Å². The van der Waals surface area contributed by atoms with E-state index >= 15 is 0 Å². The number of hydrogen-bond acceptors (Lipinski definition) is 4. The van der Waals surface area contributed by atoms with E-state index in [1.54, 1.807) is 19.2 Å². The molecule has 6 heteroatoms. The summed E-state index contributed by atoms with van der Waals surface area (Å²) in [6.45, 7) is 6.52. The van der Waals surface area contributed by atoms with Gasteiger partial charge in [-0.05, 0) is 31.3 Å². The van der Waals surface area contributed by atoms with Gasteiger partial charge in [-0.2, -0.15) is 0 Å². The minimum Gasteiger partial charge on any atom is -0.496 e. The highest BCUT2D eigenvalue weighted by Crippen LogP contribution is 2.25. The molecule has 0 aliphatic heterocycles. The first-order chi connectivity index (χ1) is 8.42. The predicted octanol–water partition coefficient (Wildman–Crippen LogP) is 2.46. The number of ether oxygens (including phenoxy) is 1. The van der Waals surface area contributed by atoms with Crippen LogP contribution in [-0.4, -0.2) is 33.5 Å². The van der Waals surface area contributed by atoms with Crippen molar-refractivity contribution >= 4 is 19.7 Å². The molecule has 0 radical (unpaired) electrons. The van der Waals surface area contributed by atoms with E-state index in [1.165, 1.54) is 6.07 Å². The Morgan fingerprint density at radius 1 is 1.28 bits per heavy atom. The van der Waals surface area contributed by atoms with E-state index in [0.717, 1.165) is 18.7 Å². The maximum absolute atomic E-state index is 11.3. The van der Waals surface area contributed by atoms with E-state index in [4.69, 9.17) is 15.4 Å². The van der Waals surface area contributed by atoms with Gasteiger partial charge in [0, 0.05) is 22.8 Å². The van der Waals surface area contributed by atoms with E-state index < -0.39 is 9.05 Å². The fourth-order valence-electron chi connectivity index (χ4n) is 1.72. The lowest BCUT2D eigenvalue weighted by atomic mass is 10.2. The zero-order chi connectivity index (χ0) is 13.8. The van der Waals surface area contributed by atoms with Gasteiger partial charge in [-0.3, -0.25) is 4.90 Å². The molecule has 1 aromatic carbocycles. The summed E-state index contributed by atoms with van der Waals surface area (Å²) in [7, 11) is 3.21. The molecule has 0 unspecified atom stereocenters. The second-order valence-electron chi connectivity index (χ2n) is 3.87. The molecule has 18 heavy (non-hydrogen) atoms. The van der Waals surface area contributed by atoms with Crippen molar-refractivity contribution in [2.75, 3.05) is 20.2 Å². The number of methoxy groups -OCH3 is 1. The van der Waals surface area contributed by atoms with Crippen LogP contribution >= 0.6 is 10.7 Å². The molecule has 102 valence electrons. The van der Waals surface area contributed by atoms with Crippen LogP contribution in [0.3, 0.4) is 0 Å². The Hall–Kier alpha value is -0.780. The molecule has 0 heterocycles. The van der Waals surface area contributed by atoms with E-state index in [2.05, 4.69) is 18.7 Å². The monoisotopic (exact) mass is 291 g/mol. The van der Waals surface area contributed by atoms with Crippen molar-refractivity contribution in [3.8, 4) is 5.75 Å². The first kappa shape index (κ1) is 15.3. The van der Waals surface area contributed by atoms with E-state index in [-0.39, 0.29) is 4.90 Å². The van der Waals surface area contributed by atoms with Gasteiger partial charge in [0.05, 0.1) is 12.0 Å². The lowest BCUT2D eigenvalue weighted by Crippen LogP contribution is -2.22. The molecule has 0 aromatic heterocycles. The van der Waals surface area contributed by atoms with Gasteiger partial charge in [0.1, 0.15) is 5.75 Å². The quantitative estimate of drug-likeness (QED) is 0.756. The Balaban J connectivity index is 3.14. The summed E-state index contributed by atoms with van der Waals surface area (Å²) in [5.41, 5.74) is 0.822. The summed E-state index contributed by atoms with van der Waals surface area (Å²) in [5.74, 6) is 0.672. The Labute approximate surface area is 113 Å². The van der Waals surface area contributed by atoms with Gasteiger partial charge in [-0.1, -0.05) is 13.8 Å². The highest BCUT2D eigenvalue weighted by molar-refractivity contribution is 8.13. The number of halogens is 1. The lowest BCUT2D eigenvalue weighted by Gasteiger charge is -2.20. The number of nitrogens with zero attached hydrogens (tertiary/aromatic N) is 1. The van der Waals surface area contributed by atoms with Crippen LogP contribution < -0.4 is 4.74 Å². The molecule has 0 bridgehead atoms. The first-order valence-corrected chi connectivity index (χ1v) is 8.07. The minimum absolute atomic E-state index is 0.104. The molecule has 0 fully saturated rings. The van der Waals surface area contributed by atoms with Crippen LogP contribution in [0.4, 0.5) is 0 Å². The molecule has 0 saturated heterocycles. The van der Waals surface area contributed by atoms with Crippen molar-refractivity contribution in [1.29, 1.82) is 0 Å².